The summed E-state index contributed by atoms with van der Waals surface area (Å²) in [5.74, 6) is 0. The zero-order valence-corrected chi connectivity index (χ0v) is 12.6. The van der Waals surface area contributed by atoms with Crippen LogP contribution >= 0.6 is 0 Å². The molecule has 2 aromatic carbocycles. The first-order valence-corrected chi connectivity index (χ1v) is 7.12. The summed E-state index contributed by atoms with van der Waals surface area (Å²) in [6, 6.07) is 20.7. The lowest BCUT2D eigenvalue weighted by Gasteiger charge is -2.25. The van der Waals surface area contributed by atoms with Crippen LogP contribution < -0.4 is 5.32 Å². The number of nitrogens with zero attached hydrogens (tertiary/aromatic N) is 2. The molecule has 0 bridgehead atoms. The van der Waals surface area contributed by atoms with Crippen LogP contribution in [0, 0.1) is 11.3 Å². The van der Waals surface area contributed by atoms with Crippen molar-refractivity contribution in [2.45, 2.75) is 12.6 Å². The average molecular weight is 279 g/mol. The van der Waals surface area contributed by atoms with Gasteiger partial charge in [-0.1, -0.05) is 48.5 Å². The zero-order valence-electron chi connectivity index (χ0n) is 12.6. The van der Waals surface area contributed by atoms with E-state index in [0.717, 1.165) is 17.7 Å². The van der Waals surface area contributed by atoms with E-state index in [2.05, 4.69) is 54.6 Å². The summed E-state index contributed by atoms with van der Waals surface area (Å²) in [6.07, 6.45) is 0. The van der Waals surface area contributed by atoms with Gasteiger partial charge in [-0.05, 0) is 31.3 Å². The Hall–Kier alpha value is -2.15. The molecule has 1 unspecified atom stereocenters. The van der Waals surface area contributed by atoms with Crippen molar-refractivity contribution >= 4 is 0 Å². The van der Waals surface area contributed by atoms with Crippen molar-refractivity contribution in [3.8, 4) is 6.07 Å². The number of benzene rings is 2. The molecule has 0 saturated carbocycles. The minimum Gasteiger partial charge on any atom is -0.311 e. The highest BCUT2D eigenvalue weighted by Crippen LogP contribution is 2.17. The van der Waals surface area contributed by atoms with Crippen LogP contribution in [0.5, 0.6) is 0 Å². The number of hydrogen-bond acceptors (Lipinski definition) is 3. The summed E-state index contributed by atoms with van der Waals surface area (Å²) in [7, 11) is 4.17. The number of likely N-dealkylation sites (N-methyl/N-ethyl adjacent to an activating group) is 1. The topological polar surface area (TPSA) is 39.1 Å². The van der Waals surface area contributed by atoms with E-state index in [0.29, 0.717) is 12.6 Å². The highest BCUT2D eigenvalue weighted by molar-refractivity contribution is 5.37. The molecular weight excluding hydrogens is 258 g/mol. The summed E-state index contributed by atoms with van der Waals surface area (Å²) in [5.41, 5.74) is 3.08. The Morgan fingerprint density at radius 3 is 2.38 bits per heavy atom. The minimum absolute atomic E-state index is 0.320. The van der Waals surface area contributed by atoms with Crippen LogP contribution in [0.4, 0.5) is 0 Å². The van der Waals surface area contributed by atoms with Gasteiger partial charge in [-0.25, -0.2) is 0 Å². The normalized spacial score (nSPS) is 12.1. The maximum absolute atomic E-state index is 9.11. The van der Waals surface area contributed by atoms with Crippen molar-refractivity contribution in [2.24, 2.45) is 0 Å². The molecule has 0 heterocycles. The summed E-state index contributed by atoms with van der Waals surface area (Å²) in [6.45, 7) is 1.55. The molecule has 1 atom stereocenters. The minimum atomic E-state index is 0.320. The third-order valence-corrected chi connectivity index (χ3v) is 3.60. The zero-order chi connectivity index (χ0) is 15.1. The van der Waals surface area contributed by atoms with E-state index >= 15 is 0 Å². The van der Waals surface area contributed by atoms with Gasteiger partial charge >= 0.3 is 0 Å². The highest BCUT2D eigenvalue weighted by atomic mass is 15.1. The lowest BCUT2D eigenvalue weighted by atomic mass is 10.1. The number of rotatable bonds is 6. The fourth-order valence-corrected chi connectivity index (χ4v) is 2.40. The molecule has 0 radical (unpaired) electrons. The van der Waals surface area contributed by atoms with E-state index in [1.807, 2.05) is 30.3 Å². The fourth-order valence-electron chi connectivity index (χ4n) is 2.40. The molecule has 1 N–H and O–H groups in total. The average Bonchev–Trinajstić information content (AvgIpc) is 2.52. The smallest absolute Gasteiger partial charge is 0.0995 e. The molecule has 2 rings (SSSR count). The lowest BCUT2D eigenvalue weighted by Crippen LogP contribution is -2.30. The first-order valence-electron chi connectivity index (χ1n) is 7.12. The van der Waals surface area contributed by atoms with Crippen molar-refractivity contribution in [1.82, 2.24) is 10.2 Å². The summed E-state index contributed by atoms with van der Waals surface area (Å²) in [4.78, 5) is 2.21. The van der Waals surface area contributed by atoms with E-state index in [4.69, 9.17) is 5.26 Å². The van der Waals surface area contributed by atoms with Gasteiger partial charge in [0.1, 0.15) is 0 Å². The van der Waals surface area contributed by atoms with Crippen molar-refractivity contribution in [3.63, 3.8) is 0 Å². The molecule has 0 aromatic heterocycles. The van der Waals surface area contributed by atoms with Gasteiger partial charge in [0.25, 0.3) is 0 Å². The molecule has 3 nitrogen and oxygen atoms in total. The number of nitrogens with one attached hydrogen (secondary N) is 1. The van der Waals surface area contributed by atoms with Gasteiger partial charge in [0, 0.05) is 19.1 Å². The van der Waals surface area contributed by atoms with Gasteiger partial charge in [-0.3, -0.25) is 0 Å². The van der Waals surface area contributed by atoms with Crippen LogP contribution in [-0.4, -0.2) is 25.5 Å². The van der Waals surface area contributed by atoms with E-state index in [1.165, 1.54) is 5.56 Å². The van der Waals surface area contributed by atoms with Gasteiger partial charge in [0.05, 0.1) is 11.6 Å². The van der Waals surface area contributed by atoms with Crippen molar-refractivity contribution in [3.05, 3.63) is 71.3 Å². The molecular formula is C18H21N3. The first-order chi connectivity index (χ1) is 10.2. The molecule has 108 valence electrons. The van der Waals surface area contributed by atoms with Crippen molar-refractivity contribution in [2.75, 3.05) is 20.6 Å². The maximum Gasteiger partial charge on any atom is 0.0995 e. The number of nitriles is 1. The van der Waals surface area contributed by atoms with Crippen molar-refractivity contribution in [1.29, 1.82) is 5.26 Å². The maximum atomic E-state index is 9.11. The predicted molar refractivity (Wildman–Crippen MR) is 85.7 cm³/mol. The standard InChI is InChI=1S/C18H21N3/c1-21(2)18(15-8-4-3-5-9-15)14-20-13-17-11-7-6-10-16(17)12-19/h3-11,18,20H,13-14H2,1-2H3. The Morgan fingerprint density at radius 2 is 1.71 bits per heavy atom. The van der Waals surface area contributed by atoms with E-state index < -0.39 is 0 Å². The quantitative estimate of drug-likeness (QED) is 0.883. The second-order valence-corrected chi connectivity index (χ2v) is 5.29. The summed E-state index contributed by atoms with van der Waals surface area (Å²) < 4.78 is 0. The molecule has 3 heteroatoms. The number of hydrogen-bond donors (Lipinski definition) is 1. The van der Waals surface area contributed by atoms with Crippen LogP contribution in [-0.2, 0) is 6.54 Å². The summed E-state index contributed by atoms with van der Waals surface area (Å²) in [5, 5.41) is 12.6. The van der Waals surface area contributed by atoms with Crippen LogP contribution in [0.25, 0.3) is 0 Å². The van der Waals surface area contributed by atoms with Gasteiger partial charge < -0.3 is 10.2 Å². The SMILES string of the molecule is CN(C)C(CNCc1ccccc1C#N)c1ccccc1. The molecule has 21 heavy (non-hydrogen) atoms. The Morgan fingerprint density at radius 1 is 1.05 bits per heavy atom. The molecule has 0 aliphatic heterocycles. The van der Waals surface area contributed by atoms with E-state index in [-0.39, 0.29) is 0 Å². The predicted octanol–water partition coefficient (Wildman–Crippen LogP) is 2.95. The fraction of sp³-hybridized carbons (Fsp3) is 0.278. The molecule has 2 aromatic rings. The van der Waals surface area contributed by atoms with Crippen LogP contribution in [0.15, 0.2) is 54.6 Å². The Bertz CT molecular complexity index is 599. The van der Waals surface area contributed by atoms with E-state index in [1.54, 1.807) is 0 Å². The molecule has 0 aliphatic carbocycles. The van der Waals surface area contributed by atoms with Crippen molar-refractivity contribution < 1.29 is 0 Å². The molecule has 0 spiro atoms. The van der Waals surface area contributed by atoms with Crippen LogP contribution in [0.1, 0.15) is 22.7 Å². The van der Waals surface area contributed by atoms with E-state index in [9.17, 15) is 0 Å². The third kappa shape index (κ3) is 4.16. The summed E-state index contributed by atoms with van der Waals surface area (Å²) >= 11 is 0. The van der Waals surface area contributed by atoms with Gasteiger partial charge in [-0.15, -0.1) is 0 Å². The van der Waals surface area contributed by atoms with Gasteiger partial charge in [0.2, 0.25) is 0 Å². The van der Waals surface area contributed by atoms with Crippen LogP contribution in [0.3, 0.4) is 0 Å². The Balaban J connectivity index is 1.99. The van der Waals surface area contributed by atoms with Gasteiger partial charge in [0.15, 0.2) is 0 Å². The molecule has 0 amide bonds. The lowest BCUT2D eigenvalue weighted by molar-refractivity contribution is 0.288. The molecule has 0 aliphatic rings. The van der Waals surface area contributed by atoms with Gasteiger partial charge in [-0.2, -0.15) is 5.26 Å². The molecule has 0 fully saturated rings. The van der Waals surface area contributed by atoms with Crippen LogP contribution in [0.2, 0.25) is 0 Å². The second-order valence-electron chi connectivity index (χ2n) is 5.29. The largest absolute Gasteiger partial charge is 0.311 e. The second kappa shape index (κ2) is 7.58. The Kier molecular flexibility index (Phi) is 5.51. The third-order valence-electron chi connectivity index (χ3n) is 3.60. The highest BCUT2D eigenvalue weighted by Gasteiger charge is 2.13. The molecule has 0 saturated heterocycles. The first kappa shape index (κ1) is 15.2. The Labute approximate surface area is 126 Å². The monoisotopic (exact) mass is 279 g/mol.